The second kappa shape index (κ2) is 5.00. The van der Waals surface area contributed by atoms with E-state index in [4.69, 9.17) is 11.6 Å². The van der Waals surface area contributed by atoms with E-state index < -0.39 is 0 Å². The van der Waals surface area contributed by atoms with Crippen LogP contribution in [0.25, 0.3) is 16.9 Å². The Bertz CT molecular complexity index is 794. The number of anilines is 1. The molecule has 1 N–H and O–H groups in total. The van der Waals surface area contributed by atoms with E-state index >= 15 is 0 Å². The number of nitrogens with zero attached hydrogens (tertiary/aromatic N) is 4. The summed E-state index contributed by atoms with van der Waals surface area (Å²) >= 11 is 6.27. The molecule has 6 heteroatoms. The third-order valence-corrected chi connectivity index (χ3v) is 4.11. The number of hydrogen-bond donors (Lipinski definition) is 1. The minimum Gasteiger partial charge on any atom is -0.351 e. The lowest BCUT2D eigenvalue weighted by molar-refractivity contribution is 0.443. The van der Waals surface area contributed by atoms with Crippen LogP contribution in [0.1, 0.15) is 19.3 Å². The number of para-hydroxylation sites is 2. The normalized spacial score (nSPS) is 15.1. The van der Waals surface area contributed by atoms with Gasteiger partial charge in [0.15, 0.2) is 5.82 Å². The van der Waals surface area contributed by atoms with E-state index in [0.29, 0.717) is 22.8 Å². The Morgan fingerprint density at radius 3 is 2.86 bits per heavy atom. The van der Waals surface area contributed by atoms with Gasteiger partial charge in [-0.2, -0.15) is 4.98 Å². The molecule has 2 heterocycles. The largest absolute Gasteiger partial charge is 0.351 e. The third-order valence-electron chi connectivity index (χ3n) is 3.85. The molecule has 2 aromatic heterocycles. The molecule has 1 aliphatic carbocycles. The molecule has 106 valence electrons. The van der Waals surface area contributed by atoms with Crippen LogP contribution in [0.15, 0.2) is 36.8 Å². The maximum atomic E-state index is 6.27. The Hall–Kier alpha value is -2.14. The van der Waals surface area contributed by atoms with E-state index in [-0.39, 0.29) is 0 Å². The third kappa shape index (κ3) is 2.23. The summed E-state index contributed by atoms with van der Waals surface area (Å²) in [4.78, 5) is 13.2. The molecular weight excluding hydrogens is 286 g/mol. The first kappa shape index (κ1) is 12.6. The summed E-state index contributed by atoms with van der Waals surface area (Å²) in [6.07, 6.45) is 7.00. The fourth-order valence-electron chi connectivity index (χ4n) is 2.46. The van der Waals surface area contributed by atoms with Gasteiger partial charge in [-0.1, -0.05) is 23.7 Å². The van der Waals surface area contributed by atoms with Crippen molar-refractivity contribution in [1.82, 2.24) is 19.5 Å². The first-order valence-corrected chi connectivity index (χ1v) is 7.40. The van der Waals surface area contributed by atoms with Crippen molar-refractivity contribution in [2.24, 2.45) is 0 Å². The highest BCUT2D eigenvalue weighted by atomic mass is 35.5. The quantitative estimate of drug-likeness (QED) is 0.805. The predicted molar refractivity (Wildman–Crippen MR) is 82.9 cm³/mol. The number of fused-ring (bicyclic) bond motifs is 1. The van der Waals surface area contributed by atoms with Crippen LogP contribution in [0.5, 0.6) is 0 Å². The molecule has 21 heavy (non-hydrogen) atoms. The molecule has 0 spiro atoms. The summed E-state index contributed by atoms with van der Waals surface area (Å²) in [6.45, 7) is 0. The molecule has 0 radical (unpaired) electrons. The number of imidazole rings is 1. The van der Waals surface area contributed by atoms with E-state index in [0.717, 1.165) is 11.0 Å². The zero-order chi connectivity index (χ0) is 14.2. The summed E-state index contributed by atoms with van der Waals surface area (Å²) in [5.41, 5.74) is 1.90. The monoisotopic (exact) mass is 299 g/mol. The van der Waals surface area contributed by atoms with Gasteiger partial charge in [-0.05, 0) is 31.4 Å². The highest BCUT2D eigenvalue weighted by molar-refractivity contribution is 6.32. The summed E-state index contributed by atoms with van der Waals surface area (Å²) < 4.78 is 1.89. The van der Waals surface area contributed by atoms with Gasteiger partial charge in [-0.3, -0.25) is 4.57 Å². The molecule has 0 atom stereocenters. The first-order chi connectivity index (χ1) is 10.3. The fourth-order valence-corrected chi connectivity index (χ4v) is 2.64. The Morgan fingerprint density at radius 1 is 1.19 bits per heavy atom. The number of halogens is 1. The number of aromatic nitrogens is 4. The van der Waals surface area contributed by atoms with Gasteiger partial charge >= 0.3 is 0 Å². The van der Waals surface area contributed by atoms with Gasteiger partial charge in [-0.15, -0.1) is 0 Å². The summed E-state index contributed by atoms with van der Waals surface area (Å²) in [7, 11) is 0. The average Bonchev–Trinajstić information content (AvgIpc) is 2.88. The smallest absolute Gasteiger partial charge is 0.224 e. The van der Waals surface area contributed by atoms with E-state index in [1.165, 1.54) is 19.3 Å². The van der Waals surface area contributed by atoms with Crippen LogP contribution in [0.4, 0.5) is 5.95 Å². The van der Waals surface area contributed by atoms with Crippen LogP contribution < -0.4 is 5.32 Å². The molecule has 1 aliphatic rings. The lowest BCUT2D eigenvalue weighted by Gasteiger charge is -2.26. The molecule has 1 aromatic carbocycles. The van der Waals surface area contributed by atoms with Crippen LogP contribution in [-0.4, -0.2) is 25.6 Å². The zero-order valence-corrected chi connectivity index (χ0v) is 12.1. The molecule has 1 fully saturated rings. The molecule has 0 aliphatic heterocycles. The van der Waals surface area contributed by atoms with Crippen LogP contribution in [-0.2, 0) is 0 Å². The van der Waals surface area contributed by atoms with Gasteiger partial charge < -0.3 is 5.32 Å². The topological polar surface area (TPSA) is 55.6 Å². The molecule has 0 saturated heterocycles. The van der Waals surface area contributed by atoms with Crippen LogP contribution in [0, 0.1) is 0 Å². The first-order valence-electron chi connectivity index (χ1n) is 7.03. The standard InChI is InChI=1S/C15H14ClN5/c16-11-8-17-15(19-10-4-3-5-10)20-14(11)21-9-18-12-6-1-2-7-13(12)21/h1-2,6-10H,3-5H2,(H,17,19,20). The molecule has 0 bridgehead atoms. The summed E-state index contributed by atoms with van der Waals surface area (Å²) in [5.74, 6) is 1.28. The van der Waals surface area contributed by atoms with Crippen molar-refractivity contribution in [3.63, 3.8) is 0 Å². The van der Waals surface area contributed by atoms with Gasteiger partial charge in [0.2, 0.25) is 5.95 Å². The van der Waals surface area contributed by atoms with E-state index in [2.05, 4.69) is 20.3 Å². The van der Waals surface area contributed by atoms with Crippen molar-refractivity contribution < 1.29 is 0 Å². The van der Waals surface area contributed by atoms with Crippen molar-refractivity contribution >= 4 is 28.6 Å². The molecule has 0 unspecified atom stereocenters. The maximum absolute atomic E-state index is 6.27. The molecule has 1 saturated carbocycles. The highest BCUT2D eigenvalue weighted by Crippen LogP contribution is 2.25. The Balaban J connectivity index is 1.77. The second-order valence-corrected chi connectivity index (χ2v) is 5.65. The SMILES string of the molecule is Clc1cnc(NC2CCC2)nc1-n1cnc2ccccc21. The summed E-state index contributed by atoms with van der Waals surface area (Å²) in [6, 6.07) is 8.39. The predicted octanol–water partition coefficient (Wildman–Crippen LogP) is 3.43. The van der Waals surface area contributed by atoms with Gasteiger partial charge in [0, 0.05) is 6.04 Å². The van der Waals surface area contributed by atoms with Crippen LogP contribution >= 0.6 is 11.6 Å². The minimum absolute atomic E-state index is 0.485. The number of rotatable bonds is 3. The molecular formula is C15H14ClN5. The molecule has 5 nitrogen and oxygen atoms in total. The van der Waals surface area contributed by atoms with Crippen molar-refractivity contribution in [1.29, 1.82) is 0 Å². The number of hydrogen-bond acceptors (Lipinski definition) is 4. The van der Waals surface area contributed by atoms with Crippen molar-refractivity contribution in [3.8, 4) is 5.82 Å². The van der Waals surface area contributed by atoms with Gasteiger partial charge in [0.25, 0.3) is 0 Å². The van der Waals surface area contributed by atoms with Gasteiger partial charge in [0.05, 0.1) is 17.2 Å². The maximum Gasteiger partial charge on any atom is 0.224 e. The molecule has 0 amide bonds. The van der Waals surface area contributed by atoms with E-state index in [1.54, 1.807) is 12.5 Å². The highest BCUT2D eigenvalue weighted by Gasteiger charge is 2.19. The Morgan fingerprint density at radius 2 is 2.05 bits per heavy atom. The molecule has 3 aromatic rings. The van der Waals surface area contributed by atoms with Crippen LogP contribution in [0.3, 0.4) is 0 Å². The fraction of sp³-hybridized carbons (Fsp3) is 0.267. The zero-order valence-electron chi connectivity index (χ0n) is 11.3. The number of nitrogens with one attached hydrogen (secondary N) is 1. The van der Waals surface area contributed by atoms with E-state index in [1.807, 2.05) is 28.8 Å². The lowest BCUT2D eigenvalue weighted by Crippen LogP contribution is -2.28. The van der Waals surface area contributed by atoms with Gasteiger partial charge in [0.1, 0.15) is 11.3 Å². The lowest BCUT2D eigenvalue weighted by atomic mass is 9.93. The Kier molecular flexibility index (Phi) is 3.00. The van der Waals surface area contributed by atoms with Crippen LogP contribution in [0.2, 0.25) is 5.02 Å². The second-order valence-electron chi connectivity index (χ2n) is 5.24. The van der Waals surface area contributed by atoms with Crippen molar-refractivity contribution in [2.45, 2.75) is 25.3 Å². The van der Waals surface area contributed by atoms with Crippen molar-refractivity contribution in [2.75, 3.05) is 5.32 Å². The number of benzene rings is 1. The molecule has 4 rings (SSSR count). The van der Waals surface area contributed by atoms with E-state index in [9.17, 15) is 0 Å². The average molecular weight is 300 g/mol. The minimum atomic E-state index is 0.485. The van der Waals surface area contributed by atoms with Gasteiger partial charge in [-0.25, -0.2) is 9.97 Å². The Labute approximate surface area is 127 Å². The summed E-state index contributed by atoms with van der Waals surface area (Å²) in [5, 5.41) is 3.85. The van der Waals surface area contributed by atoms with Crippen molar-refractivity contribution in [3.05, 3.63) is 41.8 Å².